The summed E-state index contributed by atoms with van der Waals surface area (Å²) in [7, 11) is 1.79. The Labute approximate surface area is 164 Å². The third-order valence-corrected chi connectivity index (χ3v) is 5.85. The molecular weight excluding hydrogens is 354 g/mol. The van der Waals surface area contributed by atoms with Gasteiger partial charge in [0.1, 0.15) is 29.2 Å². The number of nitrogens with zero attached hydrogens (tertiary/aromatic N) is 4. The Bertz CT molecular complexity index is 989. The zero-order chi connectivity index (χ0) is 19.1. The molecule has 146 valence electrons. The summed E-state index contributed by atoms with van der Waals surface area (Å²) in [5, 5.41) is 8.65. The van der Waals surface area contributed by atoms with E-state index in [0.717, 1.165) is 72.6 Å². The van der Waals surface area contributed by atoms with Gasteiger partial charge in [-0.15, -0.1) is 0 Å². The molecule has 0 amide bonds. The topological polar surface area (TPSA) is 76.2 Å². The van der Waals surface area contributed by atoms with Gasteiger partial charge in [0.05, 0.1) is 17.3 Å². The summed E-state index contributed by atoms with van der Waals surface area (Å²) >= 11 is 0. The normalized spacial score (nSPS) is 19.1. The molecule has 2 fully saturated rings. The van der Waals surface area contributed by atoms with Crippen molar-refractivity contribution >= 4 is 16.7 Å². The summed E-state index contributed by atoms with van der Waals surface area (Å²) in [6.45, 7) is 4.02. The van der Waals surface area contributed by atoms with Crippen molar-refractivity contribution in [3.63, 3.8) is 0 Å². The number of hydrogen-bond acceptors (Lipinski definition) is 6. The van der Waals surface area contributed by atoms with Gasteiger partial charge >= 0.3 is 0 Å². The van der Waals surface area contributed by atoms with Crippen LogP contribution in [0.15, 0.2) is 30.6 Å². The van der Waals surface area contributed by atoms with E-state index in [1.807, 2.05) is 18.2 Å². The number of aromatic amines is 1. The lowest BCUT2D eigenvalue weighted by Crippen LogP contribution is -2.37. The van der Waals surface area contributed by atoms with Gasteiger partial charge in [0, 0.05) is 31.7 Å². The maximum absolute atomic E-state index is 6.13. The maximum atomic E-state index is 6.13. The van der Waals surface area contributed by atoms with E-state index in [0.29, 0.717) is 6.10 Å². The predicted molar refractivity (Wildman–Crippen MR) is 108 cm³/mol. The van der Waals surface area contributed by atoms with Gasteiger partial charge in [0.2, 0.25) is 0 Å². The van der Waals surface area contributed by atoms with Crippen molar-refractivity contribution in [3.05, 3.63) is 30.6 Å². The van der Waals surface area contributed by atoms with Crippen LogP contribution in [0, 0.1) is 0 Å². The largest absolute Gasteiger partial charge is 0.488 e. The molecule has 1 saturated heterocycles. The minimum absolute atomic E-state index is 0.00597. The minimum Gasteiger partial charge on any atom is -0.488 e. The second-order valence-electron chi connectivity index (χ2n) is 8.02. The Morgan fingerprint density at radius 1 is 1.14 bits per heavy atom. The van der Waals surface area contributed by atoms with Gasteiger partial charge in [-0.2, -0.15) is 5.10 Å². The highest BCUT2D eigenvalue weighted by Crippen LogP contribution is 2.40. The fourth-order valence-electron chi connectivity index (χ4n) is 3.78. The van der Waals surface area contributed by atoms with Crippen molar-refractivity contribution in [2.45, 2.75) is 44.3 Å². The predicted octanol–water partition coefficient (Wildman–Crippen LogP) is 3.57. The second kappa shape index (κ2) is 6.74. The van der Waals surface area contributed by atoms with E-state index in [9.17, 15) is 0 Å². The van der Waals surface area contributed by atoms with Crippen molar-refractivity contribution in [1.82, 2.24) is 20.2 Å². The van der Waals surface area contributed by atoms with Crippen LogP contribution in [-0.4, -0.2) is 52.1 Å². The molecule has 3 aromatic rings. The van der Waals surface area contributed by atoms with Gasteiger partial charge in [0.25, 0.3) is 0 Å². The first-order chi connectivity index (χ1) is 13.6. The molecule has 2 aliphatic rings. The zero-order valence-corrected chi connectivity index (χ0v) is 16.3. The molecule has 1 aliphatic heterocycles. The molecule has 2 aromatic heterocycles. The van der Waals surface area contributed by atoms with E-state index in [2.05, 4.69) is 38.1 Å². The van der Waals surface area contributed by atoms with Crippen molar-refractivity contribution in [3.8, 4) is 17.1 Å². The lowest BCUT2D eigenvalue weighted by atomic mass is 10.1. The van der Waals surface area contributed by atoms with Crippen molar-refractivity contribution < 1.29 is 9.47 Å². The van der Waals surface area contributed by atoms with E-state index < -0.39 is 0 Å². The number of aromatic nitrogens is 4. The van der Waals surface area contributed by atoms with E-state index in [1.165, 1.54) is 0 Å². The van der Waals surface area contributed by atoms with Crippen LogP contribution in [0.1, 0.15) is 32.6 Å². The van der Waals surface area contributed by atoms with Crippen LogP contribution in [0.4, 0.5) is 5.82 Å². The van der Waals surface area contributed by atoms with Crippen molar-refractivity contribution in [1.29, 1.82) is 0 Å². The number of piperidine rings is 1. The molecule has 3 heterocycles. The first-order valence-electron chi connectivity index (χ1n) is 9.91. The number of ether oxygens (including phenoxy) is 2. The Balaban J connectivity index is 1.44. The highest BCUT2D eigenvalue weighted by atomic mass is 16.5. The number of H-pyrrole nitrogens is 1. The van der Waals surface area contributed by atoms with Crippen molar-refractivity contribution in [2.75, 3.05) is 25.1 Å². The SMILES string of the molecule is COC1CCN(c2cc(-c3n[nH]c4ccc(OC5(C)CC5)cc34)ncn2)CC1. The number of anilines is 1. The molecular formula is C21H25N5O2. The minimum atomic E-state index is -0.00597. The maximum Gasteiger partial charge on any atom is 0.132 e. The molecule has 0 atom stereocenters. The van der Waals surface area contributed by atoms with Crippen LogP contribution in [-0.2, 0) is 4.74 Å². The fourth-order valence-corrected chi connectivity index (χ4v) is 3.78. The molecule has 0 unspecified atom stereocenters. The average molecular weight is 379 g/mol. The Morgan fingerprint density at radius 3 is 2.71 bits per heavy atom. The van der Waals surface area contributed by atoms with Gasteiger partial charge in [-0.3, -0.25) is 5.10 Å². The van der Waals surface area contributed by atoms with Gasteiger partial charge in [-0.1, -0.05) is 0 Å². The lowest BCUT2D eigenvalue weighted by molar-refractivity contribution is 0.0818. The summed E-state index contributed by atoms with van der Waals surface area (Å²) in [5.41, 5.74) is 2.62. The molecule has 1 aromatic carbocycles. The van der Waals surface area contributed by atoms with Crippen LogP contribution in [0.2, 0.25) is 0 Å². The molecule has 1 aliphatic carbocycles. The highest BCUT2D eigenvalue weighted by molar-refractivity contribution is 5.93. The summed E-state index contributed by atoms with van der Waals surface area (Å²) in [6.07, 6.45) is 6.22. The summed E-state index contributed by atoms with van der Waals surface area (Å²) < 4.78 is 11.6. The number of rotatable bonds is 5. The third kappa shape index (κ3) is 3.30. The standard InChI is InChI=1S/C21H25N5O2/c1-21(7-8-21)28-15-3-4-17-16(11-15)20(25-24-17)18-12-19(23-13-22-18)26-9-5-14(27-2)6-10-26/h3-4,11-14H,5-10H2,1-2H3,(H,24,25). The van der Waals surface area contributed by atoms with Gasteiger partial charge in [-0.25, -0.2) is 9.97 Å². The van der Waals surface area contributed by atoms with Crippen LogP contribution in [0.25, 0.3) is 22.3 Å². The second-order valence-corrected chi connectivity index (χ2v) is 8.02. The number of hydrogen-bond donors (Lipinski definition) is 1. The molecule has 0 radical (unpaired) electrons. The fraction of sp³-hybridized carbons (Fsp3) is 0.476. The quantitative estimate of drug-likeness (QED) is 0.730. The first-order valence-corrected chi connectivity index (χ1v) is 9.91. The monoisotopic (exact) mass is 379 g/mol. The van der Waals surface area contributed by atoms with Gasteiger partial charge < -0.3 is 14.4 Å². The summed E-state index contributed by atoms with van der Waals surface area (Å²) in [6, 6.07) is 8.10. The molecule has 1 N–H and O–H groups in total. The number of methoxy groups -OCH3 is 1. The molecule has 5 rings (SSSR count). The summed E-state index contributed by atoms with van der Waals surface area (Å²) in [4.78, 5) is 11.3. The van der Waals surface area contributed by atoms with E-state index in [4.69, 9.17) is 9.47 Å². The molecule has 7 heteroatoms. The Morgan fingerprint density at radius 2 is 1.96 bits per heavy atom. The molecule has 7 nitrogen and oxygen atoms in total. The number of fused-ring (bicyclic) bond motifs is 1. The van der Waals surface area contributed by atoms with Crippen LogP contribution in [0.5, 0.6) is 5.75 Å². The van der Waals surface area contributed by atoms with Crippen molar-refractivity contribution in [2.24, 2.45) is 0 Å². The molecule has 0 spiro atoms. The van der Waals surface area contributed by atoms with Crippen LogP contribution < -0.4 is 9.64 Å². The average Bonchev–Trinajstić information content (AvgIpc) is 3.30. The number of nitrogens with one attached hydrogen (secondary N) is 1. The summed E-state index contributed by atoms with van der Waals surface area (Å²) in [5.74, 6) is 1.82. The Kier molecular flexibility index (Phi) is 4.19. The molecule has 0 bridgehead atoms. The third-order valence-electron chi connectivity index (χ3n) is 5.85. The van der Waals surface area contributed by atoms with Gasteiger partial charge in [-0.05, 0) is 50.8 Å². The molecule has 1 saturated carbocycles. The molecule has 28 heavy (non-hydrogen) atoms. The van der Waals surface area contributed by atoms with Crippen LogP contribution in [0.3, 0.4) is 0 Å². The lowest BCUT2D eigenvalue weighted by Gasteiger charge is -2.32. The Hall–Kier alpha value is -2.67. The van der Waals surface area contributed by atoms with Crippen LogP contribution >= 0.6 is 0 Å². The van der Waals surface area contributed by atoms with E-state index in [1.54, 1.807) is 13.4 Å². The highest BCUT2D eigenvalue weighted by Gasteiger charge is 2.40. The first kappa shape index (κ1) is 17.4. The van der Waals surface area contributed by atoms with E-state index in [-0.39, 0.29) is 5.60 Å². The van der Waals surface area contributed by atoms with Gasteiger partial charge in [0.15, 0.2) is 0 Å². The number of benzene rings is 1. The zero-order valence-electron chi connectivity index (χ0n) is 16.3. The smallest absolute Gasteiger partial charge is 0.132 e. The van der Waals surface area contributed by atoms with E-state index >= 15 is 0 Å².